The summed E-state index contributed by atoms with van der Waals surface area (Å²) in [5, 5.41) is 3.12. The van der Waals surface area contributed by atoms with Gasteiger partial charge in [0, 0.05) is 25.5 Å². The van der Waals surface area contributed by atoms with Crippen LogP contribution in [0.1, 0.15) is 41.7 Å². The van der Waals surface area contributed by atoms with Gasteiger partial charge >= 0.3 is 0 Å². The highest BCUT2D eigenvalue weighted by molar-refractivity contribution is 5.92. The number of nitrogens with one attached hydrogen (secondary N) is 1. The number of imidazole rings is 1. The molecular weight excluding hydrogens is 332 g/mol. The number of ether oxygens (including phenoxy) is 2. The van der Waals surface area contributed by atoms with Crippen LogP contribution in [-0.4, -0.2) is 52.9 Å². The van der Waals surface area contributed by atoms with Gasteiger partial charge in [0.1, 0.15) is 17.8 Å². The number of amides is 1. The molecule has 140 valence electrons. The SMILES string of the molecule is COCCOC1CCC(NC(=O)c2cc(C)cc(-n3ccnc3)n2)CC1. The number of hydrogen-bond acceptors (Lipinski definition) is 5. The fourth-order valence-electron chi connectivity index (χ4n) is 3.22. The number of methoxy groups -OCH3 is 1. The number of carbonyl (C=O) groups is 1. The number of rotatable bonds is 7. The number of nitrogens with zero attached hydrogens (tertiary/aromatic N) is 3. The van der Waals surface area contributed by atoms with E-state index in [2.05, 4.69) is 15.3 Å². The highest BCUT2D eigenvalue weighted by atomic mass is 16.5. The lowest BCUT2D eigenvalue weighted by Gasteiger charge is -2.29. The van der Waals surface area contributed by atoms with Crippen molar-refractivity contribution < 1.29 is 14.3 Å². The summed E-state index contributed by atoms with van der Waals surface area (Å²) in [6.45, 7) is 3.21. The van der Waals surface area contributed by atoms with E-state index in [4.69, 9.17) is 9.47 Å². The third kappa shape index (κ3) is 4.89. The van der Waals surface area contributed by atoms with Crippen LogP contribution in [0, 0.1) is 6.92 Å². The summed E-state index contributed by atoms with van der Waals surface area (Å²) in [6, 6.07) is 3.92. The quantitative estimate of drug-likeness (QED) is 0.768. The number of pyridine rings is 1. The second-order valence-corrected chi connectivity index (χ2v) is 6.67. The van der Waals surface area contributed by atoms with Gasteiger partial charge in [-0.05, 0) is 50.3 Å². The van der Waals surface area contributed by atoms with E-state index in [1.807, 2.05) is 25.3 Å². The summed E-state index contributed by atoms with van der Waals surface area (Å²) in [6.07, 6.45) is 9.20. The molecular formula is C19H26N4O3. The molecule has 2 aromatic rings. The molecule has 0 unspecified atom stereocenters. The minimum Gasteiger partial charge on any atom is -0.382 e. The minimum atomic E-state index is -0.126. The van der Waals surface area contributed by atoms with Gasteiger partial charge in [0.2, 0.25) is 0 Å². The molecule has 2 aromatic heterocycles. The van der Waals surface area contributed by atoms with Gasteiger partial charge in [-0.15, -0.1) is 0 Å². The molecule has 2 heterocycles. The number of carbonyl (C=O) groups excluding carboxylic acids is 1. The molecule has 1 aliphatic rings. The van der Waals surface area contributed by atoms with Gasteiger partial charge in [-0.2, -0.15) is 0 Å². The zero-order valence-electron chi connectivity index (χ0n) is 15.4. The van der Waals surface area contributed by atoms with Crippen molar-refractivity contribution in [2.45, 2.75) is 44.8 Å². The molecule has 0 spiro atoms. The second-order valence-electron chi connectivity index (χ2n) is 6.67. The van der Waals surface area contributed by atoms with Crippen molar-refractivity contribution in [1.82, 2.24) is 19.9 Å². The molecule has 3 rings (SSSR count). The zero-order chi connectivity index (χ0) is 18.4. The fourth-order valence-corrected chi connectivity index (χ4v) is 3.22. The topological polar surface area (TPSA) is 78.3 Å². The second kappa shape index (κ2) is 8.91. The van der Waals surface area contributed by atoms with Crippen molar-refractivity contribution in [3.63, 3.8) is 0 Å². The van der Waals surface area contributed by atoms with Crippen LogP contribution in [0.3, 0.4) is 0 Å². The maximum atomic E-state index is 12.6. The van der Waals surface area contributed by atoms with Crippen LogP contribution in [0.5, 0.6) is 0 Å². The van der Waals surface area contributed by atoms with Gasteiger partial charge in [0.25, 0.3) is 5.91 Å². The lowest BCUT2D eigenvalue weighted by atomic mass is 9.93. The van der Waals surface area contributed by atoms with E-state index in [1.54, 1.807) is 24.2 Å². The minimum absolute atomic E-state index is 0.126. The highest BCUT2D eigenvalue weighted by Crippen LogP contribution is 2.21. The van der Waals surface area contributed by atoms with Crippen molar-refractivity contribution in [2.75, 3.05) is 20.3 Å². The predicted octanol–water partition coefficient (Wildman–Crippen LogP) is 2.28. The van der Waals surface area contributed by atoms with Gasteiger partial charge < -0.3 is 14.8 Å². The van der Waals surface area contributed by atoms with E-state index in [0.29, 0.717) is 24.7 Å². The zero-order valence-corrected chi connectivity index (χ0v) is 15.4. The van der Waals surface area contributed by atoms with Crippen molar-refractivity contribution in [3.8, 4) is 5.82 Å². The molecule has 1 amide bonds. The molecule has 26 heavy (non-hydrogen) atoms. The Kier molecular flexibility index (Phi) is 6.35. The smallest absolute Gasteiger partial charge is 0.270 e. The lowest BCUT2D eigenvalue weighted by Crippen LogP contribution is -2.39. The molecule has 0 radical (unpaired) electrons. The first-order chi connectivity index (χ1) is 12.7. The van der Waals surface area contributed by atoms with Gasteiger partial charge in [0.05, 0.1) is 19.3 Å². The Morgan fingerprint density at radius 1 is 1.27 bits per heavy atom. The molecule has 7 nitrogen and oxygen atoms in total. The van der Waals surface area contributed by atoms with E-state index < -0.39 is 0 Å². The molecule has 0 saturated heterocycles. The summed E-state index contributed by atoms with van der Waals surface area (Å²) < 4.78 is 12.6. The predicted molar refractivity (Wildman–Crippen MR) is 97.4 cm³/mol. The average molecular weight is 358 g/mol. The molecule has 7 heteroatoms. The molecule has 0 atom stereocenters. The Balaban J connectivity index is 1.56. The highest BCUT2D eigenvalue weighted by Gasteiger charge is 2.23. The van der Waals surface area contributed by atoms with E-state index in [9.17, 15) is 4.79 Å². The van der Waals surface area contributed by atoms with E-state index in [1.165, 1.54) is 0 Å². The van der Waals surface area contributed by atoms with Crippen molar-refractivity contribution in [3.05, 3.63) is 42.1 Å². The van der Waals surface area contributed by atoms with Crippen LogP contribution in [0.25, 0.3) is 5.82 Å². The Bertz CT molecular complexity index is 710. The van der Waals surface area contributed by atoms with Crippen molar-refractivity contribution >= 4 is 5.91 Å². The molecule has 1 saturated carbocycles. The Morgan fingerprint density at radius 2 is 2.08 bits per heavy atom. The van der Waals surface area contributed by atoms with Crippen LogP contribution in [0.15, 0.2) is 30.9 Å². The van der Waals surface area contributed by atoms with E-state index >= 15 is 0 Å². The van der Waals surface area contributed by atoms with Crippen LogP contribution < -0.4 is 5.32 Å². The van der Waals surface area contributed by atoms with Crippen LogP contribution >= 0.6 is 0 Å². The summed E-state index contributed by atoms with van der Waals surface area (Å²) in [5.74, 6) is 0.571. The van der Waals surface area contributed by atoms with Crippen molar-refractivity contribution in [1.29, 1.82) is 0 Å². The van der Waals surface area contributed by atoms with Crippen LogP contribution in [-0.2, 0) is 9.47 Å². The molecule has 0 bridgehead atoms. The average Bonchev–Trinajstić information content (AvgIpc) is 3.18. The first-order valence-corrected chi connectivity index (χ1v) is 9.04. The van der Waals surface area contributed by atoms with Crippen molar-refractivity contribution in [2.24, 2.45) is 0 Å². The van der Waals surface area contributed by atoms with Crippen LogP contribution in [0.2, 0.25) is 0 Å². The molecule has 0 aliphatic heterocycles. The molecule has 1 aliphatic carbocycles. The maximum absolute atomic E-state index is 12.6. The Hall–Kier alpha value is -2.25. The monoisotopic (exact) mass is 358 g/mol. The number of aromatic nitrogens is 3. The summed E-state index contributed by atoms with van der Waals surface area (Å²) in [4.78, 5) is 21.1. The van der Waals surface area contributed by atoms with Gasteiger partial charge in [-0.3, -0.25) is 9.36 Å². The standard InChI is InChI=1S/C19H26N4O3/c1-14-11-17(22-18(12-14)23-8-7-20-13-23)19(24)21-15-3-5-16(6-4-15)26-10-9-25-2/h7-8,11-13,15-16H,3-6,9-10H2,1-2H3,(H,21,24). The first-order valence-electron chi connectivity index (χ1n) is 9.04. The summed E-state index contributed by atoms with van der Waals surface area (Å²) in [5.41, 5.74) is 1.43. The number of aryl methyl sites for hydroxylation is 1. The number of hydrogen-bond donors (Lipinski definition) is 1. The summed E-state index contributed by atoms with van der Waals surface area (Å²) >= 11 is 0. The molecule has 0 aromatic carbocycles. The third-order valence-corrected chi connectivity index (χ3v) is 4.61. The van der Waals surface area contributed by atoms with E-state index in [0.717, 1.165) is 31.2 Å². The first kappa shape index (κ1) is 18.5. The van der Waals surface area contributed by atoms with Gasteiger partial charge in [-0.25, -0.2) is 9.97 Å². The normalized spacial score (nSPS) is 20.1. The van der Waals surface area contributed by atoms with Gasteiger partial charge in [0.15, 0.2) is 0 Å². The Morgan fingerprint density at radius 3 is 2.77 bits per heavy atom. The molecule has 1 fully saturated rings. The third-order valence-electron chi connectivity index (χ3n) is 4.61. The van der Waals surface area contributed by atoms with E-state index in [-0.39, 0.29) is 18.1 Å². The summed E-state index contributed by atoms with van der Waals surface area (Å²) in [7, 11) is 1.67. The lowest BCUT2D eigenvalue weighted by molar-refractivity contribution is -0.00409. The fraction of sp³-hybridized carbons (Fsp3) is 0.526. The largest absolute Gasteiger partial charge is 0.382 e. The maximum Gasteiger partial charge on any atom is 0.270 e. The molecule has 1 N–H and O–H groups in total. The Labute approximate surface area is 153 Å². The van der Waals surface area contributed by atoms with Gasteiger partial charge in [-0.1, -0.05) is 0 Å². The van der Waals surface area contributed by atoms with Crippen LogP contribution in [0.4, 0.5) is 0 Å².